The van der Waals surface area contributed by atoms with Gasteiger partial charge in [-0.15, -0.1) is 0 Å². The number of carbonyl (C=O) groups excluding carboxylic acids is 1. The van der Waals surface area contributed by atoms with Crippen LogP contribution in [0.25, 0.3) is 0 Å². The average Bonchev–Trinajstić information content (AvgIpc) is 3.05. The van der Waals surface area contributed by atoms with Crippen LogP contribution in [0.2, 0.25) is 0 Å². The monoisotopic (exact) mass is 272 g/mol. The maximum absolute atomic E-state index is 12.2. The lowest BCUT2D eigenvalue weighted by atomic mass is 9.89. The number of nitrogens with zero attached hydrogens (tertiary/aromatic N) is 2. The molecule has 0 aromatic carbocycles. The third-order valence-corrected chi connectivity index (χ3v) is 3.87. The number of aromatic nitrogens is 3. The number of amides is 1. The number of nitrogens with one attached hydrogen (secondary N) is 2. The lowest BCUT2D eigenvalue weighted by Crippen LogP contribution is -2.35. The van der Waals surface area contributed by atoms with E-state index in [9.17, 15) is 4.79 Å². The first kappa shape index (κ1) is 13.0. The Bertz CT molecular complexity index is 585. The van der Waals surface area contributed by atoms with Crippen LogP contribution in [0.3, 0.4) is 0 Å². The van der Waals surface area contributed by atoms with Gasteiger partial charge in [0.15, 0.2) is 0 Å². The molecule has 0 saturated carbocycles. The first-order valence-corrected chi connectivity index (χ1v) is 7.15. The fraction of sp³-hybridized carbons (Fsp3) is 0.467. The fourth-order valence-corrected chi connectivity index (χ4v) is 2.82. The molecular weight excluding hydrogens is 252 g/mol. The van der Waals surface area contributed by atoms with Gasteiger partial charge >= 0.3 is 0 Å². The van der Waals surface area contributed by atoms with Crippen LogP contribution in [-0.2, 0) is 24.2 Å². The molecular formula is C15H20N4O. The highest BCUT2D eigenvalue weighted by Gasteiger charge is 2.26. The molecule has 5 heteroatoms. The van der Waals surface area contributed by atoms with Gasteiger partial charge in [0.2, 0.25) is 5.91 Å². The Morgan fingerprint density at radius 3 is 3.10 bits per heavy atom. The van der Waals surface area contributed by atoms with Crippen molar-refractivity contribution in [2.75, 3.05) is 6.54 Å². The van der Waals surface area contributed by atoms with Crippen LogP contribution in [0.4, 0.5) is 0 Å². The molecule has 0 aliphatic heterocycles. The third-order valence-electron chi connectivity index (χ3n) is 3.87. The van der Waals surface area contributed by atoms with Gasteiger partial charge in [-0.3, -0.25) is 4.79 Å². The topological polar surface area (TPSA) is 62.7 Å². The largest absolute Gasteiger partial charge is 0.354 e. The van der Waals surface area contributed by atoms with Crippen molar-refractivity contribution in [2.45, 2.75) is 32.7 Å². The standard InChI is InChI=1S/C15H20N4O/c1-11-17-13-5-4-12(10-14(13)18-11)15(20)16-6-9-19-7-2-3-8-19/h2-3,7-8,12H,4-6,9-10H2,1H3,(H,16,20)(H,17,18)/t12-/m1/s1. The molecule has 0 radical (unpaired) electrons. The van der Waals surface area contributed by atoms with E-state index >= 15 is 0 Å². The van der Waals surface area contributed by atoms with Gasteiger partial charge in [0.1, 0.15) is 5.82 Å². The summed E-state index contributed by atoms with van der Waals surface area (Å²) in [4.78, 5) is 19.9. The van der Waals surface area contributed by atoms with E-state index in [0.29, 0.717) is 6.54 Å². The summed E-state index contributed by atoms with van der Waals surface area (Å²) < 4.78 is 2.07. The van der Waals surface area contributed by atoms with Gasteiger partial charge in [0, 0.05) is 43.5 Å². The van der Waals surface area contributed by atoms with Crippen LogP contribution >= 0.6 is 0 Å². The average molecular weight is 272 g/mol. The van der Waals surface area contributed by atoms with Crippen molar-refractivity contribution in [1.29, 1.82) is 0 Å². The van der Waals surface area contributed by atoms with E-state index in [1.54, 1.807) is 0 Å². The van der Waals surface area contributed by atoms with Gasteiger partial charge in [0.05, 0.1) is 5.69 Å². The smallest absolute Gasteiger partial charge is 0.223 e. The zero-order chi connectivity index (χ0) is 13.9. The summed E-state index contributed by atoms with van der Waals surface area (Å²) in [6, 6.07) is 3.98. The minimum atomic E-state index is 0.0759. The van der Waals surface area contributed by atoms with Crippen LogP contribution in [0, 0.1) is 12.8 Å². The Hall–Kier alpha value is -2.04. The Kier molecular flexibility index (Phi) is 3.58. The minimum absolute atomic E-state index is 0.0759. The molecule has 2 heterocycles. The summed E-state index contributed by atoms with van der Waals surface area (Å²) in [6.07, 6.45) is 6.59. The summed E-state index contributed by atoms with van der Waals surface area (Å²) in [5.74, 6) is 1.19. The summed E-state index contributed by atoms with van der Waals surface area (Å²) >= 11 is 0. The first-order valence-electron chi connectivity index (χ1n) is 7.15. The van der Waals surface area contributed by atoms with Crippen molar-refractivity contribution in [3.05, 3.63) is 41.7 Å². The van der Waals surface area contributed by atoms with Gasteiger partial charge in [-0.1, -0.05) is 0 Å². The Balaban J connectivity index is 1.51. The molecule has 1 aliphatic rings. The SMILES string of the molecule is Cc1nc2c([nH]1)C[C@H](C(=O)NCCn1cccc1)CC2. The molecule has 5 nitrogen and oxygen atoms in total. The van der Waals surface area contributed by atoms with Crippen LogP contribution < -0.4 is 5.32 Å². The number of aryl methyl sites for hydroxylation is 2. The molecule has 106 valence electrons. The van der Waals surface area contributed by atoms with Crippen LogP contribution in [0.15, 0.2) is 24.5 Å². The zero-order valence-electron chi connectivity index (χ0n) is 11.7. The van der Waals surface area contributed by atoms with E-state index < -0.39 is 0 Å². The lowest BCUT2D eigenvalue weighted by molar-refractivity contribution is -0.125. The van der Waals surface area contributed by atoms with Crippen molar-refractivity contribution in [3.63, 3.8) is 0 Å². The molecule has 20 heavy (non-hydrogen) atoms. The van der Waals surface area contributed by atoms with Gasteiger partial charge in [0.25, 0.3) is 0 Å². The lowest BCUT2D eigenvalue weighted by Gasteiger charge is -2.20. The first-order chi connectivity index (χ1) is 9.72. The van der Waals surface area contributed by atoms with Crippen LogP contribution in [-0.4, -0.2) is 27.0 Å². The van der Waals surface area contributed by atoms with Crippen molar-refractivity contribution in [3.8, 4) is 0 Å². The fourth-order valence-electron chi connectivity index (χ4n) is 2.82. The third kappa shape index (κ3) is 2.76. The summed E-state index contributed by atoms with van der Waals surface area (Å²) in [5, 5.41) is 3.03. The molecule has 0 spiro atoms. The number of aromatic amines is 1. The number of H-pyrrole nitrogens is 1. The number of carbonyl (C=O) groups is 1. The molecule has 2 N–H and O–H groups in total. The molecule has 2 aromatic heterocycles. The van der Waals surface area contributed by atoms with E-state index in [1.807, 2.05) is 31.5 Å². The van der Waals surface area contributed by atoms with Crippen molar-refractivity contribution in [2.24, 2.45) is 5.92 Å². The Morgan fingerprint density at radius 2 is 2.30 bits per heavy atom. The number of hydrogen-bond acceptors (Lipinski definition) is 2. The van der Waals surface area contributed by atoms with Crippen molar-refractivity contribution in [1.82, 2.24) is 19.9 Å². The second-order valence-electron chi connectivity index (χ2n) is 5.40. The van der Waals surface area contributed by atoms with Crippen molar-refractivity contribution >= 4 is 5.91 Å². The normalized spacial score (nSPS) is 17.8. The summed E-state index contributed by atoms with van der Waals surface area (Å²) in [7, 11) is 0. The molecule has 1 aliphatic carbocycles. The minimum Gasteiger partial charge on any atom is -0.354 e. The van der Waals surface area contributed by atoms with E-state index in [0.717, 1.165) is 43.0 Å². The van der Waals surface area contributed by atoms with Gasteiger partial charge in [-0.2, -0.15) is 0 Å². The highest BCUT2D eigenvalue weighted by molar-refractivity contribution is 5.79. The molecule has 0 saturated heterocycles. The Morgan fingerprint density at radius 1 is 1.50 bits per heavy atom. The molecule has 3 rings (SSSR count). The molecule has 1 atom stereocenters. The van der Waals surface area contributed by atoms with Crippen molar-refractivity contribution < 1.29 is 4.79 Å². The number of imidazole rings is 1. The number of fused-ring (bicyclic) bond motifs is 1. The molecule has 0 fully saturated rings. The van der Waals surface area contributed by atoms with Crippen LogP contribution in [0.5, 0.6) is 0 Å². The summed E-state index contributed by atoms with van der Waals surface area (Å²) in [6.45, 7) is 3.46. The van der Waals surface area contributed by atoms with E-state index in [4.69, 9.17) is 0 Å². The number of rotatable bonds is 4. The highest BCUT2D eigenvalue weighted by atomic mass is 16.1. The van der Waals surface area contributed by atoms with E-state index in [-0.39, 0.29) is 11.8 Å². The van der Waals surface area contributed by atoms with E-state index in [1.165, 1.54) is 0 Å². The maximum atomic E-state index is 12.2. The van der Waals surface area contributed by atoms with Gasteiger partial charge < -0.3 is 14.9 Å². The molecule has 0 unspecified atom stereocenters. The summed E-state index contributed by atoms with van der Waals surface area (Å²) in [5.41, 5.74) is 2.28. The predicted molar refractivity (Wildman–Crippen MR) is 76.3 cm³/mol. The molecule has 1 amide bonds. The number of hydrogen-bond donors (Lipinski definition) is 2. The second kappa shape index (κ2) is 5.53. The molecule has 0 bridgehead atoms. The molecule has 2 aromatic rings. The second-order valence-corrected chi connectivity index (χ2v) is 5.40. The quantitative estimate of drug-likeness (QED) is 0.884. The van der Waals surface area contributed by atoms with Crippen LogP contribution in [0.1, 0.15) is 23.6 Å². The Labute approximate surface area is 118 Å². The highest BCUT2D eigenvalue weighted by Crippen LogP contribution is 2.23. The van der Waals surface area contributed by atoms with Gasteiger partial charge in [-0.25, -0.2) is 4.98 Å². The van der Waals surface area contributed by atoms with E-state index in [2.05, 4.69) is 19.9 Å². The maximum Gasteiger partial charge on any atom is 0.223 e. The predicted octanol–water partition coefficient (Wildman–Crippen LogP) is 1.44. The zero-order valence-corrected chi connectivity index (χ0v) is 11.7. The van der Waals surface area contributed by atoms with Gasteiger partial charge in [-0.05, 0) is 31.9 Å².